The number of nitrogens with one attached hydrogen (secondary N) is 1. The molecule has 0 spiro atoms. The van der Waals surface area contributed by atoms with E-state index in [4.69, 9.17) is 5.11 Å². The second-order valence-electron chi connectivity index (χ2n) is 3.22. The Morgan fingerprint density at radius 1 is 1.67 bits per heavy atom. The molecule has 0 unspecified atom stereocenters. The SMILES string of the molecule is Cc1ccsc1CCNC/C=C/C(=O)O. The van der Waals surface area contributed by atoms with E-state index in [9.17, 15) is 4.79 Å². The van der Waals surface area contributed by atoms with E-state index in [1.165, 1.54) is 10.4 Å². The summed E-state index contributed by atoms with van der Waals surface area (Å²) >= 11 is 1.77. The molecule has 2 N–H and O–H groups in total. The van der Waals surface area contributed by atoms with Gasteiger partial charge >= 0.3 is 5.97 Å². The Bertz CT molecular complexity index is 344. The lowest BCUT2D eigenvalue weighted by Crippen LogP contribution is -2.17. The first kappa shape index (κ1) is 11.9. The Labute approximate surface area is 93.4 Å². The van der Waals surface area contributed by atoms with Crippen molar-refractivity contribution in [3.63, 3.8) is 0 Å². The Kier molecular flexibility index (Phi) is 5.07. The molecule has 0 aromatic carbocycles. The highest BCUT2D eigenvalue weighted by molar-refractivity contribution is 7.10. The van der Waals surface area contributed by atoms with Gasteiger partial charge in [0.15, 0.2) is 0 Å². The van der Waals surface area contributed by atoms with Crippen LogP contribution in [0.25, 0.3) is 0 Å². The van der Waals surface area contributed by atoms with E-state index in [0.29, 0.717) is 6.54 Å². The summed E-state index contributed by atoms with van der Waals surface area (Å²) in [6.07, 6.45) is 3.78. The first-order valence-corrected chi connectivity index (χ1v) is 5.71. The third kappa shape index (κ3) is 4.76. The molecule has 0 aliphatic rings. The van der Waals surface area contributed by atoms with Gasteiger partial charge < -0.3 is 10.4 Å². The van der Waals surface area contributed by atoms with E-state index >= 15 is 0 Å². The molecule has 0 saturated heterocycles. The number of rotatable bonds is 6. The van der Waals surface area contributed by atoms with E-state index in [-0.39, 0.29) is 0 Å². The number of aliphatic carboxylic acids is 1. The summed E-state index contributed by atoms with van der Waals surface area (Å²) in [5.74, 6) is -0.897. The van der Waals surface area contributed by atoms with E-state index in [1.54, 1.807) is 17.4 Å². The van der Waals surface area contributed by atoms with E-state index in [2.05, 4.69) is 23.7 Å². The van der Waals surface area contributed by atoms with Gasteiger partial charge in [-0.1, -0.05) is 6.08 Å². The van der Waals surface area contributed by atoms with Crippen LogP contribution in [0, 0.1) is 6.92 Å². The van der Waals surface area contributed by atoms with Crippen molar-refractivity contribution in [2.24, 2.45) is 0 Å². The summed E-state index contributed by atoms with van der Waals surface area (Å²) in [6, 6.07) is 2.12. The first-order valence-electron chi connectivity index (χ1n) is 4.83. The summed E-state index contributed by atoms with van der Waals surface area (Å²) < 4.78 is 0. The van der Waals surface area contributed by atoms with Crippen LogP contribution in [0.2, 0.25) is 0 Å². The molecule has 3 nitrogen and oxygen atoms in total. The number of carboxylic acid groups (broad SMARTS) is 1. The molecule has 1 aromatic heterocycles. The van der Waals surface area contributed by atoms with Crippen molar-refractivity contribution < 1.29 is 9.90 Å². The van der Waals surface area contributed by atoms with Crippen LogP contribution >= 0.6 is 11.3 Å². The van der Waals surface area contributed by atoms with Gasteiger partial charge in [0.1, 0.15) is 0 Å². The predicted octanol–water partition coefficient (Wildman–Crippen LogP) is 1.83. The summed E-state index contributed by atoms with van der Waals surface area (Å²) in [4.78, 5) is 11.5. The molecule has 0 radical (unpaired) electrons. The third-order valence-corrected chi connectivity index (χ3v) is 3.10. The van der Waals surface area contributed by atoms with Crippen LogP contribution in [0.4, 0.5) is 0 Å². The van der Waals surface area contributed by atoms with Gasteiger partial charge in [-0.2, -0.15) is 0 Å². The molecule has 0 bridgehead atoms. The molecule has 0 amide bonds. The van der Waals surface area contributed by atoms with Crippen LogP contribution in [0.1, 0.15) is 10.4 Å². The minimum absolute atomic E-state index is 0.608. The minimum Gasteiger partial charge on any atom is -0.478 e. The summed E-state index contributed by atoms with van der Waals surface area (Å²) in [5.41, 5.74) is 1.34. The molecule has 1 heterocycles. The molecule has 82 valence electrons. The van der Waals surface area contributed by atoms with Crippen LogP contribution in [0.3, 0.4) is 0 Å². The average Bonchev–Trinajstić information content (AvgIpc) is 2.57. The molecule has 0 aliphatic carbocycles. The average molecular weight is 225 g/mol. The Hall–Kier alpha value is -1.13. The highest BCUT2D eigenvalue weighted by Crippen LogP contribution is 2.15. The van der Waals surface area contributed by atoms with Gasteiger partial charge in [-0.25, -0.2) is 4.79 Å². The van der Waals surface area contributed by atoms with Crippen molar-refractivity contribution in [2.45, 2.75) is 13.3 Å². The van der Waals surface area contributed by atoms with Gasteiger partial charge in [0.05, 0.1) is 0 Å². The van der Waals surface area contributed by atoms with Crippen molar-refractivity contribution >= 4 is 17.3 Å². The smallest absolute Gasteiger partial charge is 0.328 e. The molecule has 15 heavy (non-hydrogen) atoms. The number of carboxylic acids is 1. The highest BCUT2D eigenvalue weighted by Gasteiger charge is 1.97. The first-order chi connectivity index (χ1) is 7.20. The summed E-state index contributed by atoms with van der Waals surface area (Å²) in [5, 5.41) is 13.6. The zero-order valence-electron chi connectivity index (χ0n) is 8.69. The van der Waals surface area contributed by atoms with E-state index in [0.717, 1.165) is 19.0 Å². The maximum absolute atomic E-state index is 10.2. The Morgan fingerprint density at radius 3 is 3.07 bits per heavy atom. The van der Waals surface area contributed by atoms with Gasteiger partial charge in [0.2, 0.25) is 0 Å². The number of thiophene rings is 1. The number of carbonyl (C=O) groups is 1. The Morgan fingerprint density at radius 2 is 2.47 bits per heavy atom. The summed E-state index contributed by atoms with van der Waals surface area (Å²) in [7, 11) is 0. The normalized spacial score (nSPS) is 11.0. The number of hydrogen-bond donors (Lipinski definition) is 2. The predicted molar refractivity (Wildman–Crippen MR) is 62.4 cm³/mol. The fourth-order valence-corrected chi connectivity index (χ4v) is 2.12. The molecular formula is C11H15NO2S. The summed E-state index contributed by atoms with van der Waals surface area (Å²) in [6.45, 7) is 3.60. The second-order valence-corrected chi connectivity index (χ2v) is 4.22. The molecular weight excluding hydrogens is 210 g/mol. The van der Waals surface area contributed by atoms with Crippen LogP contribution in [-0.4, -0.2) is 24.2 Å². The van der Waals surface area contributed by atoms with Crippen molar-refractivity contribution in [2.75, 3.05) is 13.1 Å². The van der Waals surface area contributed by atoms with E-state index in [1.807, 2.05) is 0 Å². The lowest BCUT2D eigenvalue weighted by molar-refractivity contribution is -0.131. The lowest BCUT2D eigenvalue weighted by atomic mass is 10.2. The molecule has 1 aromatic rings. The highest BCUT2D eigenvalue weighted by atomic mass is 32.1. The standard InChI is InChI=1S/C11H15NO2S/c1-9-5-8-15-10(9)4-7-12-6-2-3-11(13)14/h2-3,5,8,12H,4,6-7H2,1H3,(H,13,14)/b3-2+. The zero-order chi connectivity index (χ0) is 11.1. The fraction of sp³-hybridized carbons (Fsp3) is 0.364. The van der Waals surface area contributed by atoms with E-state index < -0.39 is 5.97 Å². The van der Waals surface area contributed by atoms with Gasteiger partial charge in [-0.15, -0.1) is 11.3 Å². The van der Waals surface area contributed by atoms with Crippen LogP contribution in [-0.2, 0) is 11.2 Å². The molecule has 0 aliphatic heterocycles. The maximum atomic E-state index is 10.2. The van der Waals surface area contributed by atoms with Gasteiger partial charge in [-0.3, -0.25) is 0 Å². The quantitative estimate of drug-likeness (QED) is 0.573. The maximum Gasteiger partial charge on any atom is 0.328 e. The van der Waals surface area contributed by atoms with Crippen LogP contribution < -0.4 is 5.32 Å². The fourth-order valence-electron chi connectivity index (χ4n) is 1.21. The van der Waals surface area contributed by atoms with Gasteiger partial charge in [-0.05, 0) is 30.4 Å². The second kappa shape index (κ2) is 6.37. The molecule has 0 fully saturated rings. The van der Waals surface area contributed by atoms with Crippen molar-refractivity contribution in [1.82, 2.24) is 5.32 Å². The topological polar surface area (TPSA) is 49.3 Å². The largest absolute Gasteiger partial charge is 0.478 e. The van der Waals surface area contributed by atoms with Crippen molar-refractivity contribution in [1.29, 1.82) is 0 Å². The van der Waals surface area contributed by atoms with Crippen LogP contribution in [0.5, 0.6) is 0 Å². The third-order valence-electron chi connectivity index (χ3n) is 2.02. The zero-order valence-corrected chi connectivity index (χ0v) is 9.51. The monoisotopic (exact) mass is 225 g/mol. The molecule has 4 heteroatoms. The molecule has 0 atom stereocenters. The van der Waals surface area contributed by atoms with Crippen molar-refractivity contribution in [3.8, 4) is 0 Å². The lowest BCUT2D eigenvalue weighted by Gasteiger charge is -2.00. The molecule has 0 saturated carbocycles. The number of hydrogen-bond acceptors (Lipinski definition) is 3. The molecule has 1 rings (SSSR count). The minimum atomic E-state index is -0.897. The van der Waals surface area contributed by atoms with Gasteiger partial charge in [0.25, 0.3) is 0 Å². The van der Waals surface area contributed by atoms with Gasteiger partial charge in [0, 0.05) is 24.0 Å². The number of aryl methyl sites for hydroxylation is 1. The van der Waals surface area contributed by atoms with Crippen LogP contribution in [0.15, 0.2) is 23.6 Å². The Balaban J connectivity index is 2.12. The van der Waals surface area contributed by atoms with Crippen molar-refractivity contribution in [3.05, 3.63) is 34.0 Å².